The molecule has 2 N–H and O–H groups in total. The molecule has 1 aliphatic rings. The lowest BCUT2D eigenvalue weighted by Crippen LogP contribution is -2.35. The highest BCUT2D eigenvalue weighted by atomic mass is 16.3. The molecule has 0 aromatic rings. The van der Waals surface area contributed by atoms with Crippen molar-refractivity contribution in [3.05, 3.63) is 0 Å². The van der Waals surface area contributed by atoms with E-state index in [-0.39, 0.29) is 12.1 Å². The van der Waals surface area contributed by atoms with Crippen molar-refractivity contribution in [3.8, 4) is 12.3 Å². The van der Waals surface area contributed by atoms with Crippen LogP contribution in [0.4, 0.5) is 0 Å². The molecule has 0 heterocycles. The fourth-order valence-electron chi connectivity index (χ4n) is 2.53. The zero-order chi connectivity index (χ0) is 11.8. The van der Waals surface area contributed by atoms with Crippen LogP contribution in [0.1, 0.15) is 51.9 Å². The summed E-state index contributed by atoms with van der Waals surface area (Å²) in [7, 11) is 0. The summed E-state index contributed by atoms with van der Waals surface area (Å²) in [6, 6.07) is 0.128. The van der Waals surface area contributed by atoms with Crippen LogP contribution >= 0.6 is 0 Å². The standard InChI is InChI=1S/C14H25NO/c1-3-7-13(4-2)15-11-14(16)10-12-8-5-6-9-12/h2,12-16H,3,5-11H2,1H3. The Labute approximate surface area is 99.8 Å². The second kappa shape index (κ2) is 7.70. The molecule has 0 aromatic carbocycles. The highest BCUT2D eigenvalue weighted by Gasteiger charge is 2.19. The van der Waals surface area contributed by atoms with Gasteiger partial charge in [0, 0.05) is 6.54 Å². The summed E-state index contributed by atoms with van der Waals surface area (Å²) >= 11 is 0. The van der Waals surface area contributed by atoms with Crippen molar-refractivity contribution >= 4 is 0 Å². The van der Waals surface area contributed by atoms with Crippen LogP contribution < -0.4 is 5.32 Å². The monoisotopic (exact) mass is 223 g/mol. The fourth-order valence-corrected chi connectivity index (χ4v) is 2.53. The van der Waals surface area contributed by atoms with Crippen molar-refractivity contribution in [2.45, 2.75) is 64.0 Å². The van der Waals surface area contributed by atoms with Gasteiger partial charge in [0.05, 0.1) is 12.1 Å². The van der Waals surface area contributed by atoms with Gasteiger partial charge < -0.3 is 10.4 Å². The minimum atomic E-state index is -0.226. The van der Waals surface area contributed by atoms with Crippen LogP contribution in [-0.2, 0) is 0 Å². The molecular formula is C14H25NO. The molecule has 2 nitrogen and oxygen atoms in total. The molecule has 2 unspecified atom stereocenters. The summed E-state index contributed by atoms with van der Waals surface area (Å²) in [6.45, 7) is 2.77. The molecule has 0 amide bonds. The van der Waals surface area contributed by atoms with Crippen molar-refractivity contribution in [1.29, 1.82) is 0 Å². The SMILES string of the molecule is C#CC(CCC)NCC(O)CC1CCCC1. The largest absolute Gasteiger partial charge is 0.392 e. The third-order valence-electron chi connectivity index (χ3n) is 3.46. The van der Waals surface area contributed by atoms with Gasteiger partial charge >= 0.3 is 0 Å². The van der Waals surface area contributed by atoms with Gasteiger partial charge in [-0.05, 0) is 18.8 Å². The van der Waals surface area contributed by atoms with E-state index in [1.54, 1.807) is 0 Å². The molecule has 0 spiro atoms. The Kier molecular flexibility index (Phi) is 6.52. The molecular weight excluding hydrogens is 198 g/mol. The first-order valence-electron chi connectivity index (χ1n) is 6.63. The molecule has 1 fully saturated rings. The number of terminal acetylenes is 1. The van der Waals surface area contributed by atoms with E-state index < -0.39 is 0 Å². The van der Waals surface area contributed by atoms with Gasteiger partial charge in [0.2, 0.25) is 0 Å². The first kappa shape index (κ1) is 13.5. The number of nitrogens with one attached hydrogen (secondary N) is 1. The molecule has 0 aromatic heterocycles. The van der Waals surface area contributed by atoms with E-state index in [0.717, 1.165) is 25.2 Å². The fraction of sp³-hybridized carbons (Fsp3) is 0.857. The van der Waals surface area contributed by atoms with Gasteiger partial charge in [0.25, 0.3) is 0 Å². The highest BCUT2D eigenvalue weighted by Crippen LogP contribution is 2.28. The molecule has 1 aliphatic carbocycles. The summed E-state index contributed by atoms with van der Waals surface area (Å²) in [4.78, 5) is 0. The van der Waals surface area contributed by atoms with E-state index >= 15 is 0 Å². The first-order chi connectivity index (χ1) is 7.76. The van der Waals surface area contributed by atoms with E-state index in [9.17, 15) is 5.11 Å². The quantitative estimate of drug-likeness (QED) is 0.649. The molecule has 2 heteroatoms. The van der Waals surface area contributed by atoms with E-state index in [0.29, 0.717) is 6.54 Å². The van der Waals surface area contributed by atoms with Crippen molar-refractivity contribution in [1.82, 2.24) is 5.32 Å². The Morgan fingerprint density at radius 1 is 1.44 bits per heavy atom. The maximum absolute atomic E-state index is 9.89. The van der Waals surface area contributed by atoms with Crippen LogP contribution in [0.2, 0.25) is 0 Å². The summed E-state index contributed by atoms with van der Waals surface area (Å²) in [5, 5.41) is 13.1. The maximum Gasteiger partial charge on any atom is 0.0687 e. The minimum absolute atomic E-state index is 0.128. The van der Waals surface area contributed by atoms with Gasteiger partial charge in [-0.15, -0.1) is 6.42 Å². The first-order valence-corrected chi connectivity index (χ1v) is 6.63. The Balaban J connectivity index is 2.13. The number of hydrogen-bond donors (Lipinski definition) is 2. The smallest absolute Gasteiger partial charge is 0.0687 e. The number of rotatable bonds is 7. The normalized spacial score (nSPS) is 20.6. The van der Waals surface area contributed by atoms with Crippen LogP contribution in [0.15, 0.2) is 0 Å². The molecule has 92 valence electrons. The van der Waals surface area contributed by atoms with Gasteiger partial charge in [0.15, 0.2) is 0 Å². The molecule has 1 rings (SSSR count). The Morgan fingerprint density at radius 2 is 2.12 bits per heavy atom. The molecule has 0 bridgehead atoms. The number of aliphatic hydroxyl groups is 1. The van der Waals surface area contributed by atoms with Crippen LogP contribution in [0.3, 0.4) is 0 Å². The van der Waals surface area contributed by atoms with Gasteiger partial charge in [-0.1, -0.05) is 44.9 Å². The van der Waals surface area contributed by atoms with E-state index in [1.165, 1.54) is 25.7 Å². The van der Waals surface area contributed by atoms with Crippen molar-refractivity contribution in [2.75, 3.05) is 6.54 Å². The Morgan fingerprint density at radius 3 is 2.69 bits per heavy atom. The van der Waals surface area contributed by atoms with Gasteiger partial charge in [-0.2, -0.15) is 0 Å². The maximum atomic E-state index is 9.89. The Bertz CT molecular complexity index is 215. The molecule has 0 saturated heterocycles. The second-order valence-electron chi connectivity index (χ2n) is 4.96. The van der Waals surface area contributed by atoms with Gasteiger partial charge in [0.1, 0.15) is 0 Å². The van der Waals surface area contributed by atoms with E-state index in [1.807, 2.05) is 0 Å². The van der Waals surface area contributed by atoms with Crippen molar-refractivity contribution in [3.63, 3.8) is 0 Å². The average molecular weight is 223 g/mol. The van der Waals surface area contributed by atoms with E-state index in [2.05, 4.69) is 18.2 Å². The van der Waals surface area contributed by atoms with Gasteiger partial charge in [-0.3, -0.25) is 0 Å². The lowest BCUT2D eigenvalue weighted by atomic mass is 10.00. The molecule has 0 aliphatic heterocycles. The topological polar surface area (TPSA) is 32.3 Å². The van der Waals surface area contributed by atoms with Crippen molar-refractivity contribution < 1.29 is 5.11 Å². The van der Waals surface area contributed by atoms with Gasteiger partial charge in [-0.25, -0.2) is 0 Å². The van der Waals surface area contributed by atoms with Crippen molar-refractivity contribution in [2.24, 2.45) is 5.92 Å². The third kappa shape index (κ3) is 5.01. The molecule has 2 atom stereocenters. The van der Waals surface area contributed by atoms with Crippen LogP contribution in [-0.4, -0.2) is 23.8 Å². The third-order valence-corrected chi connectivity index (χ3v) is 3.46. The molecule has 16 heavy (non-hydrogen) atoms. The van der Waals surface area contributed by atoms with Crippen LogP contribution in [0.5, 0.6) is 0 Å². The highest BCUT2D eigenvalue weighted by molar-refractivity contribution is 4.98. The summed E-state index contributed by atoms with van der Waals surface area (Å²) in [5.74, 6) is 3.47. The summed E-state index contributed by atoms with van der Waals surface area (Å²) in [5.41, 5.74) is 0. The lowest BCUT2D eigenvalue weighted by molar-refractivity contribution is 0.138. The number of aliphatic hydroxyl groups excluding tert-OH is 1. The zero-order valence-corrected chi connectivity index (χ0v) is 10.4. The lowest BCUT2D eigenvalue weighted by Gasteiger charge is -2.18. The van der Waals surface area contributed by atoms with Crippen LogP contribution in [0.25, 0.3) is 0 Å². The predicted molar refractivity (Wildman–Crippen MR) is 68.1 cm³/mol. The second-order valence-corrected chi connectivity index (χ2v) is 4.96. The Hall–Kier alpha value is -0.520. The van der Waals surface area contributed by atoms with E-state index in [4.69, 9.17) is 6.42 Å². The molecule has 0 radical (unpaired) electrons. The molecule has 1 saturated carbocycles. The van der Waals surface area contributed by atoms with Crippen LogP contribution in [0, 0.1) is 18.3 Å². The minimum Gasteiger partial charge on any atom is -0.392 e. The zero-order valence-electron chi connectivity index (χ0n) is 10.4. The predicted octanol–water partition coefficient (Wildman–Crippen LogP) is 2.32. The summed E-state index contributed by atoms with van der Waals surface area (Å²) in [6.07, 6.45) is 13.5. The number of hydrogen-bond acceptors (Lipinski definition) is 2. The summed E-state index contributed by atoms with van der Waals surface area (Å²) < 4.78 is 0. The average Bonchev–Trinajstić information content (AvgIpc) is 2.76.